The van der Waals surface area contributed by atoms with Gasteiger partial charge in [0, 0.05) is 5.41 Å². The van der Waals surface area contributed by atoms with Crippen molar-refractivity contribution in [1.29, 1.82) is 0 Å². The standard InChI is InChI=1S/C14H25NO2/c1-5-10(15)12(16)17-11-8-9-6-7-14(11,4)13(9,2)3/h9-11H,5-8,15H2,1-4H3/t9?,10-,11?,14?/m1/s1. The molecule has 2 N–H and O–H groups in total. The highest BCUT2D eigenvalue weighted by Crippen LogP contribution is 2.66. The lowest BCUT2D eigenvalue weighted by Gasteiger charge is -2.38. The van der Waals surface area contributed by atoms with E-state index in [1.807, 2.05) is 6.92 Å². The fraction of sp³-hybridized carbons (Fsp3) is 0.929. The lowest BCUT2D eigenvalue weighted by molar-refractivity contribution is -0.158. The first-order valence-electron chi connectivity index (χ1n) is 6.79. The van der Waals surface area contributed by atoms with E-state index in [1.165, 1.54) is 12.8 Å². The van der Waals surface area contributed by atoms with Gasteiger partial charge in [0.2, 0.25) is 0 Å². The van der Waals surface area contributed by atoms with Crippen LogP contribution in [0.25, 0.3) is 0 Å². The van der Waals surface area contributed by atoms with E-state index in [9.17, 15) is 4.79 Å². The van der Waals surface area contributed by atoms with Gasteiger partial charge in [-0.15, -0.1) is 0 Å². The minimum atomic E-state index is -0.458. The van der Waals surface area contributed by atoms with E-state index >= 15 is 0 Å². The van der Waals surface area contributed by atoms with Gasteiger partial charge in [-0.25, -0.2) is 0 Å². The van der Waals surface area contributed by atoms with Crippen LogP contribution in [-0.2, 0) is 9.53 Å². The van der Waals surface area contributed by atoms with Gasteiger partial charge in [-0.05, 0) is 37.0 Å². The number of esters is 1. The number of nitrogens with two attached hydrogens (primary N) is 1. The van der Waals surface area contributed by atoms with Crippen molar-refractivity contribution < 1.29 is 9.53 Å². The number of rotatable bonds is 3. The van der Waals surface area contributed by atoms with Crippen molar-refractivity contribution in [2.45, 2.75) is 65.5 Å². The summed E-state index contributed by atoms with van der Waals surface area (Å²) in [6.45, 7) is 8.82. The fourth-order valence-corrected chi connectivity index (χ4v) is 3.70. The zero-order valence-corrected chi connectivity index (χ0v) is 11.5. The van der Waals surface area contributed by atoms with Crippen molar-refractivity contribution in [3.63, 3.8) is 0 Å². The smallest absolute Gasteiger partial charge is 0.323 e. The zero-order valence-electron chi connectivity index (χ0n) is 11.5. The summed E-state index contributed by atoms with van der Waals surface area (Å²) in [4.78, 5) is 11.8. The summed E-state index contributed by atoms with van der Waals surface area (Å²) in [6.07, 6.45) is 4.18. The molecule has 2 aliphatic rings. The molecule has 2 rings (SSSR count). The second-order valence-corrected chi connectivity index (χ2v) is 6.55. The Balaban J connectivity index is 2.08. The summed E-state index contributed by atoms with van der Waals surface area (Å²) < 4.78 is 5.67. The molecule has 2 saturated carbocycles. The van der Waals surface area contributed by atoms with E-state index < -0.39 is 6.04 Å². The highest BCUT2D eigenvalue weighted by Gasteiger charge is 2.62. The van der Waals surface area contributed by atoms with Gasteiger partial charge in [-0.3, -0.25) is 4.79 Å². The molecule has 0 aromatic carbocycles. The quantitative estimate of drug-likeness (QED) is 0.770. The number of hydrogen-bond acceptors (Lipinski definition) is 3. The third kappa shape index (κ3) is 1.70. The van der Waals surface area contributed by atoms with Crippen LogP contribution in [0.2, 0.25) is 0 Å². The molecule has 0 saturated heterocycles. The number of carbonyl (C=O) groups excluding carboxylic acids is 1. The van der Waals surface area contributed by atoms with E-state index in [0.29, 0.717) is 12.3 Å². The van der Waals surface area contributed by atoms with Crippen LogP contribution in [0.5, 0.6) is 0 Å². The van der Waals surface area contributed by atoms with Gasteiger partial charge in [0.05, 0.1) is 0 Å². The van der Waals surface area contributed by atoms with Gasteiger partial charge in [0.15, 0.2) is 0 Å². The summed E-state index contributed by atoms with van der Waals surface area (Å²) in [7, 11) is 0. The predicted octanol–water partition coefficient (Wildman–Crippen LogP) is 2.48. The summed E-state index contributed by atoms with van der Waals surface area (Å²) in [5, 5.41) is 0. The van der Waals surface area contributed by atoms with Gasteiger partial charge >= 0.3 is 5.97 Å². The molecular formula is C14H25NO2. The lowest BCUT2D eigenvalue weighted by Crippen LogP contribution is -2.42. The molecule has 0 radical (unpaired) electrons. The summed E-state index contributed by atoms with van der Waals surface area (Å²) >= 11 is 0. The van der Waals surface area contributed by atoms with Gasteiger partial charge in [0.25, 0.3) is 0 Å². The minimum absolute atomic E-state index is 0.0707. The molecule has 17 heavy (non-hydrogen) atoms. The lowest BCUT2D eigenvalue weighted by atomic mass is 9.70. The van der Waals surface area contributed by atoms with Crippen LogP contribution in [-0.4, -0.2) is 18.1 Å². The van der Waals surface area contributed by atoms with Crippen molar-refractivity contribution in [3.8, 4) is 0 Å². The third-order valence-corrected chi connectivity index (χ3v) is 5.71. The minimum Gasteiger partial charge on any atom is -0.461 e. The number of hydrogen-bond donors (Lipinski definition) is 1. The van der Waals surface area contributed by atoms with Crippen LogP contribution in [0.15, 0.2) is 0 Å². The van der Waals surface area contributed by atoms with E-state index in [0.717, 1.165) is 6.42 Å². The highest BCUT2D eigenvalue weighted by atomic mass is 16.5. The van der Waals surface area contributed by atoms with Crippen molar-refractivity contribution >= 4 is 5.97 Å². The summed E-state index contributed by atoms with van der Waals surface area (Å²) in [6, 6.07) is -0.458. The Hall–Kier alpha value is -0.570. The predicted molar refractivity (Wildman–Crippen MR) is 67.4 cm³/mol. The van der Waals surface area contributed by atoms with Crippen LogP contribution in [0, 0.1) is 16.7 Å². The van der Waals surface area contributed by atoms with Crippen molar-refractivity contribution in [3.05, 3.63) is 0 Å². The summed E-state index contributed by atoms with van der Waals surface area (Å²) in [5.74, 6) is 0.477. The van der Waals surface area contributed by atoms with Crippen molar-refractivity contribution in [1.82, 2.24) is 0 Å². The fourth-order valence-electron chi connectivity index (χ4n) is 3.70. The largest absolute Gasteiger partial charge is 0.461 e. The Morgan fingerprint density at radius 3 is 2.53 bits per heavy atom. The molecule has 2 fully saturated rings. The van der Waals surface area contributed by atoms with Gasteiger partial charge in [-0.2, -0.15) is 0 Å². The first kappa shape index (κ1) is 12.9. The average Bonchev–Trinajstić information content (AvgIpc) is 2.60. The maximum atomic E-state index is 11.8. The van der Waals surface area contributed by atoms with Crippen molar-refractivity contribution in [2.75, 3.05) is 0 Å². The molecule has 2 bridgehead atoms. The number of fused-ring (bicyclic) bond motifs is 2. The number of carbonyl (C=O) groups is 1. The van der Waals surface area contributed by atoms with E-state index in [2.05, 4.69) is 20.8 Å². The Bertz CT molecular complexity index is 326. The molecule has 4 atom stereocenters. The molecule has 0 amide bonds. The molecule has 3 nitrogen and oxygen atoms in total. The molecule has 3 heteroatoms. The second kappa shape index (κ2) is 3.98. The molecule has 2 aliphatic carbocycles. The number of ether oxygens (including phenoxy) is 1. The van der Waals surface area contributed by atoms with Gasteiger partial charge in [0.1, 0.15) is 12.1 Å². The first-order chi connectivity index (χ1) is 7.83. The maximum absolute atomic E-state index is 11.8. The summed E-state index contributed by atoms with van der Waals surface area (Å²) in [5.41, 5.74) is 6.15. The van der Waals surface area contributed by atoms with Crippen LogP contribution in [0.1, 0.15) is 53.4 Å². The Labute approximate surface area is 104 Å². The first-order valence-corrected chi connectivity index (χ1v) is 6.79. The molecule has 0 heterocycles. The zero-order chi connectivity index (χ0) is 12.8. The van der Waals surface area contributed by atoms with Crippen LogP contribution >= 0.6 is 0 Å². The van der Waals surface area contributed by atoms with Crippen LogP contribution in [0.4, 0.5) is 0 Å². The van der Waals surface area contributed by atoms with Crippen LogP contribution < -0.4 is 5.73 Å². The van der Waals surface area contributed by atoms with E-state index in [-0.39, 0.29) is 22.9 Å². The Morgan fingerprint density at radius 1 is 1.47 bits per heavy atom. The average molecular weight is 239 g/mol. The van der Waals surface area contributed by atoms with Crippen molar-refractivity contribution in [2.24, 2.45) is 22.5 Å². The van der Waals surface area contributed by atoms with E-state index in [4.69, 9.17) is 10.5 Å². The topological polar surface area (TPSA) is 52.3 Å². The molecule has 0 aromatic heterocycles. The highest BCUT2D eigenvalue weighted by molar-refractivity contribution is 5.75. The molecule has 0 spiro atoms. The van der Waals surface area contributed by atoms with Gasteiger partial charge < -0.3 is 10.5 Å². The Kier molecular flexibility index (Phi) is 3.01. The van der Waals surface area contributed by atoms with Crippen LogP contribution in [0.3, 0.4) is 0 Å². The Morgan fingerprint density at radius 2 is 2.12 bits per heavy atom. The van der Waals surface area contributed by atoms with Gasteiger partial charge in [-0.1, -0.05) is 27.7 Å². The molecular weight excluding hydrogens is 214 g/mol. The van der Waals surface area contributed by atoms with E-state index in [1.54, 1.807) is 0 Å². The monoisotopic (exact) mass is 239 g/mol. The molecule has 0 aliphatic heterocycles. The normalized spacial score (nSPS) is 40.3. The third-order valence-electron chi connectivity index (χ3n) is 5.71. The SMILES string of the molecule is CC[C@@H](N)C(=O)OC1CC2CCC1(C)C2(C)C. The second-order valence-electron chi connectivity index (χ2n) is 6.55. The molecule has 0 aromatic rings. The maximum Gasteiger partial charge on any atom is 0.323 e. The molecule has 3 unspecified atom stereocenters. The molecule has 98 valence electrons.